The first-order valence-electron chi connectivity index (χ1n) is 5.42. The Morgan fingerprint density at radius 2 is 1.84 bits per heavy atom. The SMILES string of the molecule is O=C(Nc1ccccc1)c1cc([N+](=O)[O-])ccc1O. The predicted molar refractivity (Wildman–Crippen MR) is 69.2 cm³/mol. The van der Waals surface area contributed by atoms with Gasteiger partial charge in [-0.2, -0.15) is 0 Å². The van der Waals surface area contributed by atoms with Crippen LogP contribution in [0.3, 0.4) is 0 Å². The summed E-state index contributed by atoms with van der Waals surface area (Å²) in [7, 11) is 0. The lowest BCUT2D eigenvalue weighted by Gasteiger charge is -2.06. The molecule has 0 aliphatic heterocycles. The second kappa shape index (κ2) is 5.18. The molecule has 2 aromatic carbocycles. The monoisotopic (exact) mass is 258 g/mol. The number of amides is 1. The number of para-hydroxylation sites is 1. The molecule has 2 N–H and O–H groups in total. The van der Waals surface area contributed by atoms with Crippen molar-refractivity contribution in [2.45, 2.75) is 0 Å². The standard InChI is InChI=1S/C13H10N2O4/c16-12-7-6-10(15(18)19)8-11(12)13(17)14-9-4-2-1-3-5-9/h1-8,16H,(H,14,17). The number of carbonyl (C=O) groups is 1. The molecule has 2 rings (SSSR count). The molecule has 0 atom stereocenters. The van der Waals surface area contributed by atoms with Crippen molar-refractivity contribution in [3.63, 3.8) is 0 Å². The number of hydrogen-bond donors (Lipinski definition) is 2. The Bertz CT molecular complexity index is 626. The minimum absolute atomic E-state index is 0.141. The molecule has 6 heteroatoms. The van der Waals surface area contributed by atoms with Crippen molar-refractivity contribution in [2.24, 2.45) is 0 Å². The van der Waals surface area contributed by atoms with Crippen LogP contribution in [0.25, 0.3) is 0 Å². The minimum Gasteiger partial charge on any atom is -0.507 e. The van der Waals surface area contributed by atoms with Gasteiger partial charge >= 0.3 is 0 Å². The summed E-state index contributed by atoms with van der Waals surface area (Å²) in [6.07, 6.45) is 0. The van der Waals surface area contributed by atoms with Gasteiger partial charge in [-0.1, -0.05) is 18.2 Å². The largest absolute Gasteiger partial charge is 0.507 e. The number of nitro groups is 1. The summed E-state index contributed by atoms with van der Waals surface area (Å²) >= 11 is 0. The molecule has 0 fully saturated rings. The van der Waals surface area contributed by atoms with E-state index in [9.17, 15) is 20.0 Å². The van der Waals surface area contributed by atoms with E-state index in [2.05, 4.69) is 5.32 Å². The topological polar surface area (TPSA) is 92.5 Å². The Hall–Kier alpha value is -2.89. The zero-order chi connectivity index (χ0) is 13.8. The third-order valence-corrected chi connectivity index (χ3v) is 2.47. The molecule has 0 unspecified atom stereocenters. The molecular weight excluding hydrogens is 248 g/mol. The highest BCUT2D eigenvalue weighted by Crippen LogP contribution is 2.23. The number of nitro benzene ring substituents is 1. The molecule has 0 heterocycles. The average molecular weight is 258 g/mol. The Kier molecular flexibility index (Phi) is 3.42. The zero-order valence-corrected chi connectivity index (χ0v) is 9.74. The van der Waals surface area contributed by atoms with Gasteiger partial charge in [-0.05, 0) is 18.2 Å². The van der Waals surface area contributed by atoms with E-state index in [4.69, 9.17) is 0 Å². The molecule has 0 aromatic heterocycles. The van der Waals surface area contributed by atoms with Crippen LogP contribution in [-0.2, 0) is 0 Å². The van der Waals surface area contributed by atoms with Crippen LogP contribution in [0.5, 0.6) is 5.75 Å². The van der Waals surface area contributed by atoms with Crippen LogP contribution >= 0.6 is 0 Å². The summed E-state index contributed by atoms with van der Waals surface area (Å²) in [5.41, 5.74) is 0.146. The van der Waals surface area contributed by atoms with Crippen LogP contribution in [0.15, 0.2) is 48.5 Å². The quantitative estimate of drug-likeness (QED) is 0.653. The van der Waals surface area contributed by atoms with Crippen LogP contribution in [0.4, 0.5) is 11.4 Å². The number of aromatic hydroxyl groups is 1. The fourth-order valence-electron chi connectivity index (χ4n) is 1.54. The molecule has 0 spiro atoms. The van der Waals surface area contributed by atoms with Gasteiger partial charge in [-0.15, -0.1) is 0 Å². The lowest BCUT2D eigenvalue weighted by Crippen LogP contribution is -2.12. The molecule has 2 aromatic rings. The number of hydrogen-bond acceptors (Lipinski definition) is 4. The normalized spacial score (nSPS) is 9.89. The Labute approximate surface area is 108 Å². The first-order valence-corrected chi connectivity index (χ1v) is 5.42. The van der Waals surface area contributed by atoms with Crippen LogP contribution in [0.1, 0.15) is 10.4 Å². The Balaban J connectivity index is 2.28. The van der Waals surface area contributed by atoms with E-state index in [1.165, 1.54) is 0 Å². The molecular formula is C13H10N2O4. The van der Waals surface area contributed by atoms with E-state index in [0.717, 1.165) is 18.2 Å². The van der Waals surface area contributed by atoms with Gasteiger partial charge < -0.3 is 10.4 Å². The van der Waals surface area contributed by atoms with Crippen molar-refractivity contribution < 1.29 is 14.8 Å². The van der Waals surface area contributed by atoms with Gasteiger partial charge in [-0.25, -0.2) is 0 Å². The minimum atomic E-state index is -0.626. The molecule has 0 bridgehead atoms. The number of nitrogens with zero attached hydrogens (tertiary/aromatic N) is 1. The number of nitrogens with one attached hydrogen (secondary N) is 1. The van der Waals surface area contributed by atoms with Gasteiger partial charge in [-0.3, -0.25) is 14.9 Å². The Morgan fingerprint density at radius 3 is 2.47 bits per heavy atom. The van der Waals surface area contributed by atoms with Crippen molar-refractivity contribution in [3.05, 3.63) is 64.2 Å². The zero-order valence-electron chi connectivity index (χ0n) is 9.74. The highest BCUT2D eigenvalue weighted by atomic mass is 16.6. The number of phenols is 1. The van der Waals surface area contributed by atoms with E-state index in [1.54, 1.807) is 30.3 Å². The number of rotatable bonds is 3. The molecule has 0 radical (unpaired) electrons. The molecule has 0 saturated carbocycles. The maximum Gasteiger partial charge on any atom is 0.270 e. The summed E-state index contributed by atoms with van der Waals surface area (Å²) in [6, 6.07) is 11.9. The lowest BCUT2D eigenvalue weighted by atomic mass is 10.1. The van der Waals surface area contributed by atoms with E-state index in [-0.39, 0.29) is 17.0 Å². The third-order valence-electron chi connectivity index (χ3n) is 2.47. The van der Waals surface area contributed by atoms with Gasteiger partial charge in [0.15, 0.2) is 0 Å². The van der Waals surface area contributed by atoms with Crippen LogP contribution in [0.2, 0.25) is 0 Å². The maximum atomic E-state index is 11.9. The fraction of sp³-hybridized carbons (Fsp3) is 0. The molecule has 0 aliphatic carbocycles. The fourth-order valence-corrected chi connectivity index (χ4v) is 1.54. The van der Waals surface area contributed by atoms with Crippen molar-refractivity contribution in [3.8, 4) is 5.75 Å². The van der Waals surface area contributed by atoms with E-state index in [0.29, 0.717) is 5.69 Å². The number of benzene rings is 2. The first kappa shape index (κ1) is 12.6. The van der Waals surface area contributed by atoms with Gasteiger partial charge in [0, 0.05) is 17.8 Å². The first-order chi connectivity index (χ1) is 9.08. The van der Waals surface area contributed by atoms with E-state index in [1.807, 2.05) is 0 Å². The smallest absolute Gasteiger partial charge is 0.270 e. The number of phenolic OH excluding ortho intramolecular Hbond substituents is 1. The summed E-state index contributed by atoms with van der Waals surface area (Å²) in [5, 5.41) is 22.8. The molecule has 6 nitrogen and oxygen atoms in total. The molecule has 1 amide bonds. The molecule has 96 valence electrons. The van der Waals surface area contributed by atoms with Crippen molar-refractivity contribution in [1.29, 1.82) is 0 Å². The second-order valence-electron chi connectivity index (χ2n) is 3.78. The van der Waals surface area contributed by atoms with Gasteiger partial charge in [0.25, 0.3) is 11.6 Å². The van der Waals surface area contributed by atoms with Gasteiger partial charge in [0.05, 0.1) is 10.5 Å². The van der Waals surface area contributed by atoms with Crippen LogP contribution < -0.4 is 5.32 Å². The summed E-state index contributed by atoms with van der Waals surface area (Å²) in [4.78, 5) is 21.9. The lowest BCUT2D eigenvalue weighted by molar-refractivity contribution is -0.384. The van der Waals surface area contributed by atoms with E-state index >= 15 is 0 Å². The van der Waals surface area contributed by atoms with Gasteiger partial charge in [0.2, 0.25) is 0 Å². The van der Waals surface area contributed by atoms with Crippen LogP contribution in [0, 0.1) is 10.1 Å². The second-order valence-corrected chi connectivity index (χ2v) is 3.78. The number of anilines is 1. The van der Waals surface area contributed by atoms with Crippen molar-refractivity contribution in [2.75, 3.05) is 5.32 Å². The molecule has 0 saturated heterocycles. The summed E-state index contributed by atoms with van der Waals surface area (Å²) < 4.78 is 0. The summed E-state index contributed by atoms with van der Waals surface area (Å²) in [6.45, 7) is 0. The van der Waals surface area contributed by atoms with E-state index < -0.39 is 10.8 Å². The van der Waals surface area contributed by atoms with Crippen molar-refractivity contribution >= 4 is 17.3 Å². The Morgan fingerprint density at radius 1 is 1.16 bits per heavy atom. The highest BCUT2D eigenvalue weighted by Gasteiger charge is 2.16. The average Bonchev–Trinajstić information content (AvgIpc) is 2.40. The molecule has 0 aliphatic rings. The third kappa shape index (κ3) is 2.86. The number of non-ortho nitro benzene ring substituents is 1. The number of carbonyl (C=O) groups excluding carboxylic acids is 1. The molecule has 19 heavy (non-hydrogen) atoms. The maximum absolute atomic E-state index is 11.9. The van der Waals surface area contributed by atoms with Crippen molar-refractivity contribution in [1.82, 2.24) is 0 Å². The highest BCUT2D eigenvalue weighted by molar-refractivity contribution is 6.06. The van der Waals surface area contributed by atoms with Gasteiger partial charge in [0.1, 0.15) is 5.75 Å². The van der Waals surface area contributed by atoms with Crippen LogP contribution in [-0.4, -0.2) is 15.9 Å². The summed E-state index contributed by atoms with van der Waals surface area (Å²) in [5.74, 6) is -0.911. The predicted octanol–water partition coefficient (Wildman–Crippen LogP) is 2.55.